The number of hydrogen-bond acceptors (Lipinski definition) is 8. The molecule has 0 bridgehead atoms. The number of anilines is 1. The van der Waals surface area contributed by atoms with Crippen LogP contribution in [0.3, 0.4) is 0 Å². The van der Waals surface area contributed by atoms with Crippen molar-refractivity contribution >= 4 is 33.3 Å². The molecule has 0 unspecified atom stereocenters. The van der Waals surface area contributed by atoms with Gasteiger partial charge in [0.25, 0.3) is 0 Å². The van der Waals surface area contributed by atoms with E-state index in [4.69, 9.17) is 9.15 Å². The molecule has 0 aromatic carbocycles. The van der Waals surface area contributed by atoms with Crippen molar-refractivity contribution in [2.24, 2.45) is 0 Å². The summed E-state index contributed by atoms with van der Waals surface area (Å²) in [7, 11) is 0. The molecular weight excluding hydrogens is 320 g/mol. The van der Waals surface area contributed by atoms with Gasteiger partial charge in [0.2, 0.25) is 0 Å². The Labute approximate surface area is 135 Å². The normalized spacial score (nSPS) is 11.0. The first-order chi connectivity index (χ1) is 11.2. The number of ether oxygens (including phenoxy) is 1. The number of hydrogen-bond donors (Lipinski definition) is 1. The predicted octanol–water partition coefficient (Wildman–Crippen LogP) is 3.31. The molecule has 0 aliphatic heterocycles. The molecule has 0 aliphatic carbocycles. The molecule has 9 heteroatoms. The molecule has 0 amide bonds. The van der Waals surface area contributed by atoms with Crippen molar-refractivity contribution in [2.75, 3.05) is 25.1 Å². The molecule has 0 spiro atoms. The van der Waals surface area contributed by atoms with E-state index in [1.807, 2.05) is 18.4 Å². The third-order valence-electron chi connectivity index (χ3n) is 3.04. The van der Waals surface area contributed by atoms with E-state index in [2.05, 4.69) is 15.3 Å². The highest BCUT2D eigenvalue weighted by atomic mass is 32.1. The molecule has 0 aliphatic rings. The summed E-state index contributed by atoms with van der Waals surface area (Å²) in [6.45, 7) is 3.76. The molecule has 0 saturated carbocycles. The van der Waals surface area contributed by atoms with Crippen LogP contribution in [0.4, 0.5) is 11.7 Å². The minimum Gasteiger partial charge on any atom is -0.397 e. The fourth-order valence-electron chi connectivity index (χ4n) is 2.03. The van der Waals surface area contributed by atoms with E-state index < -0.39 is 4.92 Å². The zero-order valence-electron chi connectivity index (χ0n) is 12.3. The lowest BCUT2D eigenvalue weighted by Gasteiger charge is -2.07. The van der Waals surface area contributed by atoms with Crippen LogP contribution in [-0.4, -0.2) is 34.6 Å². The summed E-state index contributed by atoms with van der Waals surface area (Å²) in [5, 5.41) is 15.9. The third-order valence-corrected chi connectivity index (χ3v) is 3.95. The maximum Gasteiger partial charge on any atom is 0.433 e. The molecule has 3 heterocycles. The second-order valence-corrected chi connectivity index (χ2v) is 5.47. The van der Waals surface area contributed by atoms with Crippen LogP contribution in [0.5, 0.6) is 0 Å². The van der Waals surface area contributed by atoms with Gasteiger partial charge in [-0.25, -0.2) is 9.97 Å². The van der Waals surface area contributed by atoms with Crippen molar-refractivity contribution in [2.45, 2.75) is 6.92 Å². The molecule has 0 fully saturated rings. The Balaban J connectivity index is 1.92. The fraction of sp³-hybridized carbons (Fsp3) is 0.286. The molecule has 8 nitrogen and oxygen atoms in total. The van der Waals surface area contributed by atoms with E-state index in [9.17, 15) is 10.1 Å². The van der Waals surface area contributed by atoms with Gasteiger partial charge < -0.3 is 14.5 Å². The molecular formula is C14H14N4O4S. The number of thiophene rings is 1. The Morgan fingerprint density at radius 2 is 2.26 bits per heavy atom. The standard InChI is InChI=1S/C14H14N4O4S/c1-2-21-7-6-15-14-12-9(5-8-23-12)16-13(17-14)10-3-4-11(22-10)18(19)20/h3-5,8H,2,6-7H2,1H3,(H,15,16,17). The first-order valence-corrected chi connectivity index (χ1v) is 7.88. The van der Waals surface area contributed by atoms with Crippen molar-refractivity contribution < 1.29 is 14.1 Å². The minimum absolute atomic E-state index is 0.262. The lowest BCUT2D eigenvalue weighted by Crippen LogP contribution is -2.10. The molecule has 1 N–H and O–H groups in total. The van der Waals surface area contributed by atoms with Gasteiger partial charge >= 0.3 is 5.88 Å². The Hall–Kier alpha value is -2.52. The highest BCUT2D eigenvalue weighted by Crippen LogP contribution is 2.30. The van der Waals surface area contributed by atoms with Gasteiger partial charge in [-0.15, -0.1) is 11.3 Å². The maximum atomic E-state index is 10.7. The number of nitrogens with one attached hydrogen (secondary N) is 1. The zero-order valence-corrected chi connectivity index (χ0v) is 13.1. The third kappa shape index (κ3) is 3.30. The Bertz CT molecular complexity index is 829. The van der Waals surface area contributed by atoms with E-state index in [1.54, 1.807) is 0 Å². The number of fused-ring (bicyclic) bond motifs is 1. The highest BCUT2D eigenvalue weighted by Gasteiger charge is 2.17. The monoisotopic (exact) mass is 334 g/mol. The minimum atomic E-state index is -0.589. The predicted molar refractivity (Wildman–Crippen MR) is 86.8 cm³/mol. The van der Waals surface area contributed by atoms with E-state index in [-0.39, 0.29) is 11.6 Å². The SMILES string of the molecule is CCOCCNc1nc(-c2ccc([N+](=O)[O-])o2)nc2ccsc12. The average molecular weight is 334 g/mol. The van der Waals surface area contributed by atoms with Crippen LogP contribution in [0.2, 0.25) is 0 Å². The molecule has 0 saturated heterocycles. The maximum absolute atomic E-state index is 10.7. The van der Waals surface area contributed by atoms with Gasteiger partial charge in [0.05, 0.1) is 22.9 Å². The number of nitrogens with zero attached hydrogens (tertiary/aromatic N) is 3. The van der Waals surface area contributed by atoms with Crippen LogP contribution >= 0.6 is 11.3 Å². The quantitative estimate of drug-likeness (QED) is 0.401. The zero-order chi connectivity index (χ0) is 16.2. The number of furan rings is 1. The highest BCUT2D eigenvalue weighted by molar-refractivity contribution is 7.17. The Kier molecular flexibility index (Phi) is 4.49. The van der Waals surface area contributed by atoms with Gasteiger partial charge in [0.15, 0.2) is 11.6 Å². The summed E-state index contributed by atoms with van der Waals surface area (Å²) in [5.74, 6) is 0.902. The topological polar surface area (TPSA) is 103 Å². The van der Waals surface area contributed by atoms with Crippen LogP contribution in [-0.2, 0) is 4.74 Å². The smallest absolute Gasteiger partial charge is 0.397 e. The van der Waals surface area contributed by atoms with E-state index >= 15 is 0 Å². The van der Waals surface area contributed by atoms with Crippen LogP contribution in [0, 0.1) is 10.1 Å². The fourth-order valence-corrected chi connectivity index (χ4v) is 2.82. The number of aromatic nitrogens is 2. The first-order valence-electron chi connectivity index (χ1n) is 7.00. The summed E-state index contributed by atoms with van der Waals surface area (Å²) < 4.78 is 11.4. The van der Waals surface area contributed by atoms with Crippen molar-refractivity contribution in [3.63, 3.8) is 0 Å². The number of nitro groups is 1. The second-order valence-electron chi connectivity index (χ2n) is 4.55. The largest absolute Gasteiger partial charge is 0.433 e. The average Bonchev–Trinajstić information content (AvgIpc) is 3.19. The van der Waals surface area contributed by atoms with Crippen molar-refractivity contribution in [1.82, 2.24) is 9.97 Å². The molecule has 3 aromatic rings. The number of rotatable bonds is 7. The molecule has 0 atom stereocenters. The Morgan fingerprint density at radius 1 is 1.39 bits per heavy atom. The van der Waals surface area contributed by atoms with Gasteiger partial charge in [0, 0.05) is 13.2 Å². The summed E-state index contributed by atoms with van der Waals surface area (Å²) in [6, 6.07) is 4.66. The van der Waals surface area contributed by atoms with E-state index in [0.717, 1.165) is 10.2 Å². The van der Waals surface area contributed by atoms with Crippen molar-refractivity contribution in [1.29, 1.82) is 0 Å². The van der Waals surface area contributed by atoms with Crippen molar-refractivity contribution in [3.8, 4) is 11.6 Å². The summed E-state index contributed by atoms with van der Waals surface area (Å²) in [6.07, 6.45) is 0. The van der Waals surface area contributed by atoms with Crippen LogP contribution in [0.1, 0.15) is 6.92 Å². The van der Waals surface area contributed by atoms with Gasteiger partial charge in [-0.3, -0.25) is 10.1 Å². The molecule has 23 heavy (non-hydrogen) atoms. The van der Waals surface area contributed by atoms with Gasteiger partial charge in [-0.05, 0) is 24.4 Å². The second kappa shape index (κ2) is 6.71. The lowest BCUT2D eigenvalue weighted by molar-refractivity contribution is -0.401. The van der Waals surface area contributed by atoms with Gasteiger partial charge in [-0.1, -0.05) is 0 Å². The Morgan fingerprint density at radius 3 is 3.00 bits per heavy atom. The molecule has 0 radical (unpaired) electrons. The van der Waals surface area contributed by atoms with Crippen LogP contribution in [0.25, 0.3) is 21.8 Å². The lowest BCUT2D eigenvalue weighted by atomic mass is 10.3. The van der Waals surface area contributed by atoms with E-state index in [0.29, 0.717) is 31.4 Å². The van der Waals surface area contributed by atoms with Crippen LogP contribution < -0.4 is 5.32 Å². The van der Waals surface area contributed by atoms with Gasteiger partial charge in [-0.2, -0.15) is 0 Å². The molecule has 3 aromatic heterocycles. The summed E-state index contributed by atoms with van der Waals surface area (Å²) in [4.78, 5) is 19.0. The van der Waals surface area contributed by atoms with E-state index in [1.165, 1.54) is 23.5 Å². The summed E-state index contributed by atoms with van der Waals surface area (Å²) in [5.41, 5.74) is 0.762. The first kappa shape index (κ1) is 15.4. The van der Waals surface area contributed by atoms with Crippen molar-refractivity contribution in [3.05, 3.63) is 33.7 Å². The molecule has 3 rings (SSSR count). The molecule has 120 valence electrons. The van der Waals surface area contributed by atoms with Crippen LogP contribution in [0.15, 0.2) is 28.0 Å². The van der Waals surface area contributed by atoms with Gasteiger partial charge in [0.1, 0.15) is 10.7 Å². The summed E-state index contributed by atoms with van der Waals surface area (Å²) >= 11 is 1.52.